The number of fused-ring (bicyclic) bond motifs is 1. The van der Waals surface area contributed by atoms with Crippen LogP contribution in [-0.2, 0) is 0 Å². The second-order valence-corrected chi connectivity index (χ2v) is 6.75. The molecule has 1 fully saturated rings. The fraction of sp³-hybridized carbons (Fsp3) is 0.211. The van der Waals surface area contributed by atoms with E-state index in [4.69, 9.17) is 21.4 Å². The van der Waals surface area contributed by atoms with Crippen LogP contribution in [0.1, 0.15) is 24.3 Å². The average Bonchev–Trinajstić information content (AvgIpc) is 2.92. The standard InChI is InChI=1S/C19H16ClNO4/c20-16-8-17-15(18(9-21-17)25-19(23)24)7-14(16)11-3-1-10(2-4-11)12-5-13(22)6-12/h1-4,7-9,12-13,21-22H,5-6H2,(H,23,24). The number of aromatic amines is 1. The predicted molar refractivity (Wildman–Crippen MR) is 95.4 cm³/mol. The van der Waals surface area contributed by atoms with Crippen LogP contribution in [0.2, 0.25) is 5.02 Å². The summed E-state index contributed by atoms with van der Waals surface area (Å²) in [5.74, 6) is 0.669. The summed E-state index contributed by atoms with van der Waals surface area (Å²) in [6.45, 7) is 0. The van der Waals surface area contributed by atoms with Crippen LogP contribution < -0.4 is 4.74 Å². The fourth-order valence-corrected chi connectivity index (χ4v) is 3.58. The first kappa shape index (κ1) is 16.0. The van der Waals surface area contributed by atoms with Crippen molar-refractivity contribution < 1.29 is 19.7 Å². The van der Waals surface area contributed by atoms with Gasteiger partial charge in [-0.25, -0.2) is 4.79 Å². The molecule has 4 rings (SSSR count). The molecule has 0 bridgehead atoms. The van der Waals surface area contributed by atoms with Gasteiger partial charge >= 0.3 is 6.16 Å². The highest BCUT2D eigenvalue weighted by atomic mass is 35.5. The maximum Gasteiger partial charge on any atom is 0.511 e. The summed E-state index contributed by atoms with van der Waals surface area (Å²) >= 11 is 6.40. The summed E-state index contributed by atoms with van der Waals surface area (Å²) in [5, 5.41) is 19.5. The molecule has 25 heavy (non-hydrogen) atoms. The van der Waals surface area contributed by atoms with Gasteiger partial charge in [-0.1, -0.05) is 35.9 Å². The van der Waals surface area contributed by atoms with Gasteiger partial charge in [0, 0.05) is 17.1 Å². The number of benzene rings is 2. The van der Waals surface area contributed by atoms with Crippen molar-refractivity contribution in [1.82, 2.24) is 4.98 Å². The Labute approximate surface area is 148 Å². The molecule has 6 heteroatoms. The van der Waals surface area contributed by atoms with Gasteiger partial charge in [-0.2, -0.15) is 0 Å². The third-order valence-electron chi connectivity index (χ3n) is 4.73. The maximum atomic E-state index is 10.8. The minimum absolute atomic E-state index is 0.178. The van der Waals surface area contributed by atoms with Crippen LogP contribution in [0.15, 0.2) is 42.6 Å². The van der Waals surface area contributed by atoms with Gasteiger partial charge in [-0.3, -0.25) is 0 Å². The number of hydrogen-bond acceptors (Lipinski definition) is 3. The normalized spacial score (nSPS) is 19.6. The number of hydrogen-bond donors (Lipinski definition) is 3. The number of ether oxygens (including phenoxy) is 1. The summed E-state index contributed by atoms with van der Waals surface area (Å²) in [6, 6.07) is 11.7. The zero-order chi connectivity index (χ0) is 17.6. The van der Waals surface area contributed by atoms with Crippen LogP contribution in [-0.4, -0.2) is 27.5 Å². The highest BCUT2D eigenvalue weighted by molar-refractivity contribution is 6.34. The molecule has 0 aliphatic heterocycles. The Hall–Kier alpha value is -2.50. The van der Waals surface area contributed by atoms with Crippen molar-refractivity contribution in [2.24, 2.45) is 0 Å². The van der Waals surface area contributed by atoms with E-state index < -0.39 is 6.16 Å². The number of carbonyl (C=O) groups is 1. The zero-order valence-corrected chi connectivity index (χ0v) is 14.0. The first-order valence-corrected chi connectivity index (χ1v) is 8.39. The molecule has 2 aromatic carbocycles. The number of aliphatic hydroxyl groups excluding tert-OH is 1. The van der Waals surface area contributed by atoms with E-state index in [0.29, 0.717) is 21.8 Å². The molecule has 0 unspecified atom stereocenters. The van der Waals surface area contributed by atoms with Gasteiger partial charge < -0.3 is 19.9 Å². The average molecular weight is 358 g/mol. The van der Waals surface area contributed by atoms with Crippen LogP contribution >= 0.6 is 11.6 Å². The number of aromatic nitrogens is 1. The smallest absolute Gasteiger partial charge is 0.449 e. The van der Waals surface area contributed by atoms with Gasteiger partial charge in [-0.15, -0.1) is 0 Å². The van der Waals surface area contributed by atoms with E-state index in [1.165, 1.54) is 11.8 Å². The van der Waals surface area contributed by atoms with E-state index in [9.17, 15) is 9.90 Å². The fourth-order valence-electron chi connectivity index (χ4n) is 3.31. The summed E-state index contributed by atoms with van der Waals surface area (Å²) in [4.78, 5) is 13.8. The quantitative estimate of drug-likeness (QED) is 0.589. The number of carboxylic acid groups (broad SMARTS) is 1. The van der Waals surface area contributed by atoms with Crippen molar-refractivity contribution >= 4 is 28.7 Å². The van der Waals surface area contributed by atoms with Crippen molar-refractivity contribution in [1.29, 1.82) is 0 Å². The molecule has 0 spiro atoms. The lowest BCUT2D eigenvalue weighted by molar-refractivity contribution is 0.0746. The van der Waals surface area contributed by atoms with E-state index in [1.54, 1.807) is 6.07 Å². The molecule has 0 radical (unpaired) electrons. The van der Waals surface area contributed by atoms with Gasteiger partial charge in [0.05, 0.1) is 16.6 Å². The third kappa shape index (κ3) is 2.97. The third-order valence-corrected chi connectivity index (χ3v) is 5.05. The Kier molecular flexibility index (Phi) is 3.90. The first-order chi connectivity index (χ1) is 12.0. The van der Waals surface area contributed by atoms with Gasteiger partial charge in [0.15, 0.2) is 5.75 Å². The second-order valence-electron chi connectivity index (χ2n) is 6.34. The van der Waals surface area contributed by atoms with Gasteiger partial charge in [0.25, 0.3) is 0 Å². The van der Waals surface area contributed by atoms with Gasteiger partial charge in [0.1, 0.15) is 0 Å². The minimum Gasteiger partial charge on any atom is -0.449 e. The minimum atomic E-state index is -1.36. The first-order valence-electron chi connectivity index (χ1n) is 8.01. The zero-order valence-electron chi connectivity index (χ0n) is 13.2. The summed E-state index contributed by atoms with van der Waals surface area (Å²) in [7, 11) is 0. The molecule has 1 aromatic heterocycles. The molecule has 0 saturated heterocycles. The molecule has 1 aliphatic rings. The maximum absolute atomic E-state index is 10.8. The Morgan fingerprint density at radius 3 is 2.56 bits per heavy atom. The molecule has 1 heterocycles. The van der Waals surface area contributed by atoms with E-state index in [1.807, 2.05) is 18.2 Å². The molecule has 5 nitrogen and oxygen atoms in total. The van der Waals surface area contributed by atoms with Gasteiger partial charge in [-0.05, 0) is 42.0 Å². The van der Waals surface area contributed by atoms with Crippen molar-refractivity contribution in [3.63, 3.8) is 0 Å². The predicted octanol–water partition coefficient (Wildman–Crippen LogP) is 4.78. The molecule has 128 valence electrons. The Morgan fingerprint density at radius 2 is 1.92 bits per heavy atom. The summed E-state index contributed by atoms with van der Waals surface area (Å²) in [5.41, 5.74) is 3.68. The van der Waals surface area contributed by atoms with Crippen molar-refractivity contribution in [3.8, 4) is 16.9 Å². The second kappa shape index (κ2) is 6.10. The number of H-pyrrole nitrogens is 1. The molecule has 1 saturated carbocycles. The van der Waals surface area contributed by atoms with Crippen molar-refractivity contribution in [3.05, 3.63) is 53.2 Å². The molecule has 0 amide bonds. The van der Waals surface area contributed by atoms with E-state index >= 15 is 0 Å². The van der Waals surface area contributed by atoms with E-state index in [2.05, 4.69) is 17.1 Å². The molecule has 0 atom stereocenters. The van der Waals surface area contributed by atoms with Gasteiger partial charge in [0.2, 0.25) is 0 Å². The van der Waals surface area contributed by atoms with Crippen LogP contribution in [0.5, 0.6) is 5.75 Å². The number of halogens is 1. The van der Waals surface area contributed by atoms with Crippen LogP contribution in [0.3, 0.4) is 0 Å². The Balaban J connectivity index is 1.70. The van der Waals surface area contributed by atoms with Crippen LogP contribution in [0.4, 0.5) is 4.79 Å². The number of aliphatic hydroxyl groups is 1. The number of nitrogens with one attached hydrogen (secondary N) is 1. The highest BCUT2D eigenvalue weighted by Gasteiger charge is 2.28. The molecule has 1 aliphatic carbocycles. The Morgan fingerprint density at radius 1 is 1.20 bits per heavy atom. The van der Waals surface area contributed by atoms with E-state index in [-0.39, 0.29) is 11.9 Å². The molecular weight excluding hydrogens is 342 g/mol. The summed E-state index contributed by atoms with van der Waals surface area (Å²) in [6.07, 6.45) is 1.59. The number of rotatable bonds is 3. The Bertz CT molecular complexity index is 942. The molecular formula is C19H16ClNO4. The van der Waals surface area contributed by atoms with Crippen LogP contribution in [0, 0.1) is 0 Å². The lowest BCUT2D eigenvalue weighted by Gasteiger charge is -2.31. The summed E-state index contributed by atoms with van der Waals surface area (Å²) < 4.78 is 4.80. The van der Waals surface area contributed by atoms with E-state index in [0.717, 1.165) is 24.0 Å². The lowest BCUT2D eigenvalue weighted by Crippen LogP contribution is -2.26. The monoisotopic (exact) mass is 357 g/mol. The highest BCUT2D eigenvalue weighted by Crippen LogP contribution is 2.39. The lowest BCUT2D eigenvalue weighted by atomic mass is 9.77. The molecule has 3 aromatic rings. The topological polar surface area (TPSA) is 82.5 Å². The largest absolute Gasteiger partial charge is 0.511 e. The SMILES string of the molecule is O=C(O)Oc1c[nH]c2cc(Cl)c(-c3ccc(C4CC(O)C4)cc3)cc12. The molecule has 3 N–H and O–H groups in total. The van der Waals surface area contributed by atoms with Crippen LogP contribution in [0.25, 0.3) is 22.0 Å². The van der Waals surface area contributed by atoms with Crippen molar-refractivity contribution in [2.45, 2.75) is 24.9 Å². The van der Waals surface area contributed by atoms with Crippen molar-refractivity contribution in [2.75, 3.05) is 0 Å².